The van der Waals surface area contributed by atoms with Crippen LogP contribution in [0.4, 0.5) is 5.69 Å². The van der Waals surface area contributed by atoms with Crippen LogP contribution >= 0.6 is 0 Å². The van der Waals surface area contributed by atoms with E-state index < -0.39 is 5.97 Å². The summed E-state index contributed by atoms with van der Waals surface area (Å²) in [6, 6.07) is 22.2. The van der Waals surface area contributed by atoms with Crippen molar-refractivity contribution in [1.82, 2.24) is 9.78 Å². The number of carboxylic acids is 1. The van der Waals surface area contributed by atoms with Crippen LogP contribution in [-0.4, -0.2) is 27.1 Å². The number of rotatable bonds is 5. The minimum Gasteiger partial charge on any atom is -0.478 e. The number of H-pyrrole nitrogens is 1. The number of benzene rings is 3. The zero-order chi connectivity index (χ0) is 22.0. The Hall–Kier alpha value is -4.19. The third kappa shape index (κ3) is 3.96. The molecule has 1 aromatic heterocycles. The molecular formula is C25H21N3O3. The van der Waals surface area contributed by atoms with Crippen molar-refractivity contribution < 1.29 is 9.90 Å². The topological polar surface area (TPSA) is 87.4 Å². The molecule has 0 bridgehead atoms. The van der Waals surface area contributed by atoms with E-state index in [1.807, 2.05) is 67.6 Å². The van der Waals surface area contributed by atoms with E-state index in [2.05, 4.69) is 10.1 Å². The lowest BCUT2D eigenvalue weighted by Gasteiger charge is -2.06. The molecule has 0 saturated carbocycles. The van der Waals surface area contributed by atoms with Gasteiger partial charge in [0.25, 0.3) is 5.56 Å². The second kappa shape index (κ2) is 8.28. The van der Waals surface area contributed by atoms with E-state index in [-0.39, 0.29) is 11.1 Å². The number of nitrogens with zero attached hydrogens (tertiary/aromatic N) is 2. The molecule has 0 aliphatic rings. The number of carboxylic acid groups (broad SMARTS) is 1. The molecule has 2 N–H and O–H groups in total. The molecule has 3 aromatic carbocycles. The van der Waals surface area contributed by atoms with Gasteiger partial charge in [0, 0.05) is 11.8 Å². The number of nitrogens with one attached hydrogen (secondary N) is 1. The summed E-state index contributed by atoms with van der Waals surface area (Å²) in [5.74, 6) is -1.05. The average molecular weight is 411 g/mol. The standard InChI is InChI=1S/C25H21N3O3/c1-16-13-17(2)22(25(30)31)21(14-16)26-15-20-23(18-9-5-3-6-10-18)27-28(24(20)29)19-11-7-4-8-12-19/h3-15,27H,1-2H3,(H,30,31). The first-order valence-electron chi connectivity index (χ1n) is 9.80. The fourth-order valence-electron chi connectivity index (χ4n) is 3.61. The highest BCUT2D eigenvalue weighted by Gasteiger charge is 2.17. The molecule has 0 fully saturated rings. The molecule has 4 aromatic rings. The summed E-state index contributed by atoms with van der Waals surface area (Å²) in [4.78, 5) is 29.5. The molecular weight excluding hydrogens is 390 g/mol. The summed E-state index contributed by atoms with van der Waals surface area (Å²) in [5.41, 5.74) is 4.18. The Morgan fingerprint density at radius 3 is 2.29 bits per heavy atom. The van der Waals surface area contributed by atoms with Crippen LogP contribution < -0.4 is 5.56 Å². The number of aliphatic imine (C=N–C) groups is 1. The molecule has 0 saturated heterocycles. The van der Waals surface area contributed by atoms with E-state index in [1.54, 1.807) is 19.1 Å². The SMILES string of the molecule is Cc1cc(C)c(C(=O)O)c(N=Cc2c(-c3ccccc3)[nH]n(-c3ccccc3)c2=O)c1. The van der Waals surface area contributed by atoms with Crippen LogP contribution in [-0.2, 0) is 0 Å². The van der Waals surface area contributed by atoms with Gasteiger partial charge in [-0.05, 0) is 43.2 Å². The highest BCUT2D eigenvalue weighted by Crippen LogP contribution is 2.26. The van der Waals surface area contributed by atoms with Gasteiger partial charge in [0.1, 0.15) is 0 Å². The molecule has 4 rings (SSSR count). The van der Waals surface area contributed by atoms with Crippen molar-refractivity contribution in [3.8, 4) is 16.9 Å². The van der Waals surface area contributed by atoms with Crippen LogP contribution in [0.25, 0.3) is 16.9 Å². The van der Waals surface area contributed by atoms with Crippen molar-refractivity contribution in [3.05, 3.63) is 105 Å². The van der Waals surface area contributed by atoms with Gasteiger partial charge in [-0.15, -0.1) is 0 Å². The lowest BCUT2D eigenvalue weighted by Crippen LogP contribution is -2.17. The van der Waals surface area contributed by atoms with E-state index in [1.165, 1.54) is 10.9 Å². The number of hydrogen-bond donors (Lipinski definition) is 2. The fraction of sp³-hybridized carbons (Fsp3) is 0.0800. The van der Waals surface area contributed by atoms with Crippen molar-refractivity contribution in [2.75, 3.05) is 0 Å². The number of aryl methyl sites for hydroxylation is 2. The van der Waals surface area contributed by atoms with Crippen LogP contribution in [0.15, 0.2) is 82.6 Å². The number of aromatic nitrogens is 2. The minimum absolute atomic E-state index is 0.127. The summed E-state index contributed by atoms with van der Waals surface area (Å²) < 4.78 is 1.46. The molecule has 0 unspecified atom stereocenters. The van der Waals surface area contributed by atoms with Crippen molar-refractivity contribution >= 4 is 17.9 Å². The summed E-state index contributed by atoms with van der Waals surface area (Å²) in [7, 11) is 0. The lowest BCUT2D eigenvalue weighted by molar-refractivity contribution is 0.0697. The maximum absolute atomic E-state index is 13.3. The highest BCUT2D eigenvalue weighted by atomic mass is 16.4. The van der Waals surface area contributed by atoms with Gasteiger partial charge in [-0.3, -0.25) is 14.9 Å². The first-order chi connectivity index (χ1) is 15.0. The van der Waals surface area contributed by atoms with E-state index >= 15 is 0 Å². The lowest BCUT2D eigenvalue weighted by atomic mass is 10.0. The minimum atomic E-state index is -1.05. The van der Waals surface area contributed by atoms with Gasteiger partial charge < -0.3 is 5.11 Å². The molecule has 0 radical (unpaired) electrons. The van der Waals surface area contributed by atoms with Gasteiger partial charge in [-0.25, -0.2) is 9.48 Å². The van der Waals surface area contributed by atoms with Crippen LogP contribution in [0, 0.1) is 13.8 Å². The Kier molecular flexibility index (Phi) is 5.37. The van der Waals surface area contributed by atoms with Crippen LogP contribution in [0.1, 0.15) is 27.0 Å². The molecule has 0 aliphatic carbocycles. The summed E-state index contributed by atoms with van der Waals surface area (Å²) in [6.45, 7) is 3.62. The number of para-hydroxylation sites is 1. The normalized spacial score (nSPS) is 11.2. The average Bonchev–Trinajstić information content (AvgIpc) is 3.09. The maximum atomic E-state index is 13.3. The first kappa shape index (κ1) is 20.1. The molecule has 6 nitrogen and oxygen atoms in total. The Balaban J connectivity index is 1.90. The summed E-state index contributed by atoms with van der Waals surface area (Å²) in [6.07, 6.45) is 1.45. The zero-order valence-corrected chi connectivity index (χ0v) is 17.2. The Morgan fingerprint density at radius 2 is 1.65 bits per heavy atom. The van der Waals surface area contributed by atoms with Gasteiger partial charge in [0.05, 0.1) is 28.2 Å². The van der Waals surface area contributed by atoms with Crippen molar-refractivity contribution in [2.45, 2.75) is 13.8 Å². The van der Waals surface area contributed by atoms with Crippen molar-refractivity contribution in [2.24, 2.45) is 4.99 Å². The second-order valence-electron chi connectivity index (χ2n) is 7.28. The molecule has 0 spiro atoms. The zero-order valence-electron chi connectivity index (χ0n) is 17.2. The van der Waals surface area contributed by atoms with Gasteiger partial charge >= 0.3 is 5.97 Å². The Morgan fingerprint density at radius 1 is 1.00 bits per heavy atom. The third-order valence-corrected chi connectivity index (χ3v) is 5.01. The highest BCUT2D eigenvalue weighted by molar-refractivity contribution is 5.97. The number of aromatic carboxylic acids is 1. The molecule has 0 aliphatic heterocycles. The molecule has 0 atom stereocenters. The maximum Gasteiger partial charge on any atom is 0.338 e. The third-order valence-electron chi connectivity index (χ3n) is 5.01. The molecule has 0 amide bonds. The number of hydrogen-bond acceptors (Lipinski definition) is 3. The quantitative estimate of drug-likeness (QED) is 0.458. The molecule has 6 heteroatoms. The number of aromatic amines is 1. The molecule has 1 heterocycles. The predicted octanol–water partition coefficient (Wildman–Crippen LogP) is 4.90. The largest absolute Gasteiger partial charge is 0.478 e. The smallest absolute Gasteiger partial charge is 0.338 e. The van der Waals surface area contributed by atoms with Gasteiger partial charge in [-0.2, -0.15) is 0 Å². The fourth-order valence-corrected chi connectivity index (χ4v) is 3.61. The Labute approximate surface area is 179 Å². The molecule has 31 heavy (non-hydrogen) atoms. The Bertz CT molecular complexity index is 1330. The van der Waals surface area contributed by atoms with Crippen molar-refractivity contribution in [1.29, 1.82) is 0 Å². The predicted molar refractivity (Wildman–Crippen MR) is 122 cm³/mol. The summed E-state index contributed by atoms with van der Waals surface area (Å²) >= 11 is 0. The van der Waals surface area contributed by atoms with E-state index in [9.17, 15) is 14.7 Å². The van der Waals surface area contributed by atoms with E-state index in [0.717, 1.165) is 11.1 Å². The first-order valence-corrected chi connectivity index (χ1v) is 9.80. The second-order valence-corrected chi connectivity index (χ2v) is 7.28. The van der Waals surface area contributed by atoms with Crippen LogP contribution in [0.2, 0.25) is 0 Å². The molecule has 154 valence electrons. The van der Waals surface area contributed by atoms with Gasteiger partial charge in [0.15, 0.2) is 0 Å². The van der Waals surface area contributed by atoms with Gasteiger partial charge in [0.2, 0.25) is 0 Å². The monoisotopic (exact) mass is 411 g/mol. The van der Waals surface area contributed by atoms with Crippen LogP contribution in [0.5, 0.6) is 0 Å². The van der Waals surface area contributed by atoms with Crippen molar-refractivity contribution in [3.63, 3.8) is 0 Å². The van der Waals surface area contributed by atoms with Gasteiger partial charge in [-0.1, -0.05) is 54.6 Å². The summed E-state index contributed by atoms with van der Waals surface area (Å²) in [5, 5.41) is 12.8. The van der Waals surface area contributed by atoms with Crippen LogP contribution in [0.3, 0.4) is 0 Å². The number of carbonyl (C=O) groups is 1. The van der Waals surface area contributed by atoms with E-state index in [0.29, 0.717) is 28.2 Å². The van der Waals surface area contributed by atoms with E-state index in [4.69, 9.17) is 0 Å².